The summed E-state index contributed by atoms with van der Waals surface area (Å²) >= 11 is 0. The molecule has 234 valence electrons. The summed E-state index contributed by atoms with van der Waals surface area (Å²) in [4.78, 5) is 28.8. The lowest BCUT2D eigenvalue weighted by molar-refractivity contribution is 0.0893. The topological polar surface area (TPSA) is 148 Å². The zero-order valence-electron chi connectivity index (χ0n) is 25.8. The van der Waals surface area contributed by atoms with Gasteiger partial charge in [0.15, 0.2) is 11.5 Å². The van der Waals surface area contributed by atoms with Gasteiger partial charge in [-0.05, 0) is 57.9 Å². The number of β-amino-alcohol motifs (C(OH)–C–C–N with tert-alkyl or cyclic N) is 1. The van der Waals surface area contributed by atoms with Crippen LogP contribution in [0.15, 0.2) is 28.8 Å². The molecule has 12 heteroatoms. The SMILES string of the molecule is COc1cc2c(cc1-c1c(C)noc1C)[nH]c1nc(C)nc(-c3ccc(C(=O)NC4CCN(CCO)CC4)c4c3OCCO4)c12. The van der Waals surface area contributed by atoms with Crippen LogP contribution < -0.4 is 19.5 Å². The van der Waals surface area contributed by atoms with E-state index in [1.54, 1.807) is 13.2 Å². The summed E-state index contributed by atoms with van der Waals surface area (Å²) in [6.07, 6.45) is 1.65. The first kappa shape index (κ1) is 29.1. The van der Waals surface area contributed by atoms with E-state index in [0.717, 1.165) is 59.0 Å². The number of hydrogen-bond donors (Lipinski definition) is 3. The van der Waals surface area contributed by atoms with Gasteiger partial charge in [0.05, 0.1) is 41.6 Å². The summed E-state index contributed by atoms with van der Waals surface area (Å²) < 4.78 is 23.6. The van der Waals surface area contributed by atoms with Crippen molar-refractivity contribution in [3.05, 3.63) is 47.1 Å². The number of hydrogen-bond acceptors (Lipinski definition) is 10. The van der Waals surface area contributed by atoms with Gasteiger partial charge in [-0.25, -0.2) is 9.97 Å². The summed E-state index contributed by atoms with van der Waals surface area (Å²) in [5.74, 6) is 2.66. The lowest BCUT2D eigenvalue weighted by atomic mass is 9.98. The van der Waals surface area contributed by atoms with Gasteiger partial charge in [0.1, 0.15) is 36.2 Å². The first-order chi connectivity index (χ1) is 21.9. The predicted molar refractivity (Wildman–Crippen MR) is 168 cm³/mol. The summed E-state index contributed by atoms with van der Waals surface area (Å²) in [6, 6.07) is 7.72. The maximum Gasteiger partial charge on any atom is 0.255 e. The Morgan fingerprint density at radius 2 is 1.87 bits per heavy atom. The number of likely N-dealkylation sites (tertiary alicyclic amines) is 1. The molecule has 1 saturated heterocycles. The number of nitrogens with zero attached hydrogens (tertiary/aromatic N) is 4. The number of rotatable bonds is 7. The van der Waals surface area contributed by atoms with Crippen molar-refractivity contribution in [2.75, 3.05) is 46.6 Å². The van der Waals surface area contributed by atoms with Crippen LogP contribution in [-0.4, -0.2) is 88.6 Å². The monoisotopic (exact) mass is 612 g/mol. The Hall–Kier alpha value is -4.68. The summed E-state index contributed by atoms with van der Waals surface area (Å²) in [5, 5.41) is 18.2. The molecule has 45 heavy (non-hydrogen) atoms. The van der Waals surface area contributed by atoms with E-state index in [1.165, 1.54) is 0 Å². The Labute approximate surface area is 259 Å². The number of piperidine rings is 1. The summed E-state index contributed by atoms with van der Waals surface area (Å²) in [6.45, 7) is 8.79. The third-order valence-electron chi connectivity index (χ3n) is 8.71. The fraction of sp³-hybridized carbons (Fsp3) is 0.394. The van der Waals surface area contributed by atoms with Gasteiger partial charge < -0.3 is 39.0 Å². The number of ether oxygens (including phenoxy) is 3. The Morgan fingerprint density at radius 1 is 1.09 bits per heavy atom. The van der Waals surface area contributed by atoms with Crippen molar-refractivity contribution in [3.63, 3.8) is 0 Å². The highest BCUT2D eigenvalue weighted by Gasteiger charge is 2.29. The fourth-order valence-corrected chi connectivity index (χ4v) is 6.57. The second-order valence-corrected chi connectivity index (χ2v) is 11.6. The quantitative estimate of drug-likeness (QED) is 0.243. The first-order valence-corrected chi connectivity index (χ1v) is 15.2. The molecule has 0 spiro atoms. The number of fused-ring (bicyclic) bond motifs is 4. The summed E-state index contributed by atoms with van der Waals surface area (Å²) in [7, 11) is 1.64. The van der Waals surface area contributed by atoms with Crippen LogP contribution >= 0.6 is 0 Å². The van der Waals surface area contributed by atoms with Crippen molar-refractivity contribution < 1.29 is 28.6 Å². The van der Waals surface area contributed by atoms with E-state index in [2.05, 4.69) is 20.4 Å². The second-order valence-electron chi connectivity index (χ2n) is 11.6. The van der Waals surface area contributed by atoms with Gasteiger partial charge in [-0.1, -0.05) is 5.16 Å². The van der Waals surface area contributed by atoms with Crippen molar-refractivity contribution in [1.29, 1.82) is 0 Å². The van der Waals surface area contributed by atoms with Crippen LogP contribution in [0.2, 0.25) is 0 Å². The number of carbonyl (C=O) groups excluding carboxylic acids is 1. The molecule has 2 aliphatic heterocycles. The molecule has 0 aliphatic carbocycles. The van der Waals surface area contributed by atoms with E-state index in [0.29, 0.717) is 71.1 Å². The zero-order valence-corrected chi connectivity index (χ0v) is 25.8. The molecule has 3 aromatic heterocycles. The minimum absolute atomic E-state index is 0.0490. The van der Waals surface area contributed by atoms with Crippen LogP contribution in [0.25, 0.3) is 44.3 Å². The van der Waals surface area contributed by atoms with Gasteiger partial charge >= 0.3 is 0 Å². The molecule has 1 fully saturated rings. The van der Waals surface area contributed by atoms with Crippen molar-refractivity contribution >= 4 is 27.8 Å². The van der Waals surface area contributed by atoms with Gasteiger partial charge in [-0.15, -0.1) is 0 Å². The van der Waals surface area contributed by atoms with E-state index < -0.39 is 0 Å². The molecule has 2 aliphatic rings. The van der Waals surface area contributed by atoms with Crippen molar-refractivity contribution in [2.24, 2.45) is 0 Å². The van der Waals surface area contributed by atoms with Gasteiger partial charge in [0, 0.05) is 47.7 Å². The molecular weight excluding hydrogens is 576 g/mol. The highest BCUT2D eigenvalue weighted by molar-refractivity contribution is 6.14. The number of amides is 1. The molecule has 0 saturated carbocycles. The Balaban J connectivity index is 1.31. The molecule has 0 unspecified atom stereocenters. The van der Waals surface area contributed by atoms with Crippen LogP contribution in [0.4, 0.5) is 0 Å². The van der Waals surface area contributed by atoms with Crippen LogP contribution in [0.5, 0.6) is 17.2 Å². The lowest BCUT2D eigenvalue weighted by Gasteiger charge is -2.32. The molecule has 7 rings (SSSR count). The Kier molecular flexibility index (Phi) is 7.54. The Bertz CT molecular complexity index is 1900. The average molecular weight is 613 g/mol. The number of aromatic nitrogens is 4. The van der Waals surface area contributed by atoms with Gasteiger partial charge in [-0.3, -0.25) is 4.79 Å². The van der Waals surface area contributed by atoms with Crippen molar-refractivity contribution in [2.45, 2.75) is 39.7 Å². The number of H-pyrrole nitrogens is 1. The number of methoxy groups -OCH3 is 1. The number of carbonyl (C=O) groups is 1. The number of aliphatic hydroxyl groups is 1. The maximum absolute atomic E-state index is 13.5. The van der Waals surface area contributed by atoms with E-state index >= 15 is 0 Å². The van der Waals surface area contributed by atoms with Crippen LogP contribution in [0.3, 0.4) is 0 Å². The van der Waals surface area contributed by atoms with Gasteiger partial charge in [0.25, 0.3) is 5.91 Å². The third kappa shape index (κ3) is 5.13. The third-order valence-corrected chi connectivity index (χ3v) is 8.71. The molecule has 0 radical (unpaired) electrons. The predicted octanol–water partition coefficient (Wildman–Crippen LogP) is 4.32. The first-order valence-electron chi connectivity index (χ1n) is 15.2. The van der Waals surface area contributed by atoms with Crippen LogP contribution in [-0.2, 0) is 0 Å². The molecular formula is C33H36N6O6. The number of aromatic amines is 1. The highest BCUT2D eigenvalue weighted by Crippen LogP contribution is 2.46. The van der Waals surface area contributed by atoms with Crippen molar-refractivity contribution in [1.82, 2.24) is 30.3 Å². The highest BCUT2D eigenvalue weighted by atomic mass is 16.6. The average Bonchev–Trinajstić information content (AvgIpc) is 3.57. The fourth-order valence-electron chi connectivity index (χ4n) is 6.57. The molecule has 2 aromatic carbocycles. The summed E-state index contributed by atoms with van der Waals surface area (Å²) in [5.41, 5.74) is 5.86. The molecule has 12 nitrogen and oxygen atoms in total. The Morgan fingerprint density at radius 3 is 2.58 bits per heavy atom. The minimum Gasteiger partial charge on any atom is -0.496 e. The molecule has 3 N–H and O–H groups in total. The maximum atomic E-state index is 13.5. The molecule has 0 atom stereocenters. The molecule has 1 amide bonds. The van der Waals surface area contributed by atoms with Crippen molar-refractivity contribution in [3.8, 4) is 39.6 Å². The van der Waals surface area contributed by atoms with E-state index in [1.807, 2.05) is 39.0 Å². The largest absolute Gasteiger partial charge is 0.496 e. The number of aliphatic hydroxyl groups excluding tert-OH is 1. The standard InChI is InChI=1S/C33H36N6O6/c1-17-27(18(2)45-38-17)24-15-25-23(16-26(24)42-4)28-29(34-19(3)35-32(28)37-25)21-5-6-22(31-30(21)43-13-14-44-31)33(41)36-20-7-9-39(10-8-20)11-12-40/h5-6,15-16,20,40H,7-14H2,1-4H3,(H,36,41)(H,34,35,37). The molecule has 5 heterocycles. The van der Waals surface area contributed by atoms with Gasteiger partial charge in [-0.2, -0.15) is 0 Å². The van der Waals surface area contributed by atoms with E-state index in [-0.39, 0.29) is 18.6 Å². The van der Waals surface area contributed by atoms with Gasteiger partial charge in [0.2, 0.25) is 0 Å². The normalized spacial score (nSPS) is 15.6. The number of aryl methyl sites for hydroxylation is 3. The second kappa shape index (κ2) is 11.7. The molecule has 0 bridgehead atoms. The van der Waals surface area contributed by atoms with Crippen LogP contribution in [0.1, 0.15) is 40.5 Å². The lowest BCUT2D eigenvalue weighted by Crippen LogP contribution is -2.45. The number of benzene rings is 2. The number of nitrogens with one attached hydrogen (secondary N) is 2. The van der Waals surface area contributed by atoms with E-state index in [4.69, 9.17) is 28.7 Å². The minimum atomic E-state index is -0.198. The smallest absolute Gasteiger partial charge is 0.255 e. The van der Waals surface area contributed by atoms with Crippen LogP contribution in [0, 0.1) is 20.8 Å². The van der Waals surface area contributed by atoms with E-state index in [9.17, 15) is 9.90 Å². The molecule has 5 aromatic rings. The zero-order chi connectivity index (χ0) is 31.2.